The summed E-state index contributed by atoms with van der Waals surface area (Å²) in [4.78, 5) is 37.4. The van der Waals surface area contributed by atoms with Gasteiger partial charge in [0.1, 0.15) is 28.0 Å². The maximum Gasteiger partial charge on any atom is 0.348 e. The van der Waals surface area contributed by atoms with Crippen LogP contribution in [0.15, 0.2) is 40.8 Å². The van der Waals surface area contributed by atoms with Crippen molar-refractivity contribution in [1.29, 1.82) is 0 Å². The lowest BCUT2D eigenvalue weighted by Crippen LogP contribution is -2.13. The van der Waals surface area contributed by atoms with Gasteiger partial charge in [-0.1, -0.05) is 0 Å². The van der Waals surface area contributed by atoms with Gasteiger partial charge in [0, 0.05) is 3.57 Å². The maximum absolute atomic E-state index is 12.7. The van der Waals surface area contributed by atoms with Crippen LogP contribution in [-0.4, -0.2) is 31.6 Å². The Balaban J connectivity index is 1.75. The number of hydrogen-bond acceptors (Lipinski definition) is 8. The number of nitrogens with one attached hydrogen (secondary N) is 1. The molecule has 0 saturated heterocycles. The zero-order valence-corrected chi connectivity index (χ0v) is 20.5. The monoisotopic (exact) mass is 569 g/mol. The zero-order chi connectivity index (χ0) is 23.3. The van der Waals surface area contributed by atoms with Crippen molar-refractivity contribution >= 4 is 56.8 Å². The minimum Gasteiger partial charge on any atom is -0.486 e. The van der Waals surface area contributed by atoms with E-state index in [2.05, 4.69) is 27.9 Å². The molecular formula is C22H20INO7S. The first-order valence-electron chi connectivity index (χ1n) is 9.51. The van der Waals surface area contributed by atoms with Gasteiger partial charge in [0.05, 0.1) is 19.3 Å². The Hall–Kier alpha value is -2.86. The fourth-order valence-electron chi connectivity index (χ4n) is 2.77. The van der Waals surface area contributed by atoms with Crippen molar-refractivity contribution in [3.63, 3.8) is 0 Å². The molecule has 0 aliphatic carbocycles. The van der Waals surface area contributed by atoms with Crippen molar-refractivity contribution in [3.8, 4) is 5.75 Å². The van der Waals surface area contributed by atoms with Crippen LogP contribution in [-0.2, 0) is 16.1 Å². The summed E-state index contributed by atoms with van der Waals surface area (Å²) in [7, 11) is 1.22. The molecule has 32 heavy (non-hydrogen) atoms. The lowest BCUT2D eigenvalue weighted by molar-refractivity contribution is 0.0531. The Morgan fingerprint density at radius 1 is 1.09 bits per heavy atom. The topological polar surface area (TPSA) is 104 Å². The van der Waals surface area contributed by atoms with Gasteiger partial charge in [0.15, 0.2) is 5.76 Å². The molecule has 0 atom stereocenters. The number of rotatable bonds is 8. The van der Waals surface area contributed by atoms with Gasteiger partial charge in [-0.2, -0.15) is 0 Å². The molecule has 0 unspecified atom stereocenters. The molecule has 1 N–H and O–H groups in total. The van der Waals surface area contributed by atoms with Crippen molar-refractivity contribution in [3.05, 3.63) is 67.5 Å². The van der Waals surface area contributed by atoms with E-state index in [1.807, 2.05) is 24.3 Å². The molecule has 2 aromatic heterocycles. The summed E-state index contributed by atoms with van der Waals surface area (Å²) in [5.41, 5.74) is 0.476. The number of benzene rings is 1. The van der Waals surface area contributed by atoms with E-state index in [9.17, 15) is 14.4 Å². The molecule has 0 spiro atoms. The predicted octanol–water partition coefficient (Wildman–Crippen LogP) is 5.05. The van der Waals surface area contributed by atoms with Gasteiger partial charge in [-0.3, -0.25) is 4.79 Å². The van der Waals surface area contributed by atoms with E-state index >= 15 is 0 Å². The van der Waals surface area contributed by atoms with Crippen molar-refractivity contribution in [2.24, 2.45) is 0 Å². The third-order valence-electron chi connectivity index (χ3n) is 4.30. The van der Waals surface area contributed by atoms with E-state index in [-0.39, 0.29) is 34.4 Å². The molecule has 10 heteroatoms. The molecule has 0 aliphatic heterocycles. The molecule has 3 aromatic rings. The van der Waals surface area contributed by atoms with E-state index in [0.717, 1.165) is 14.9 Å². The van der Waals surface area contributed by atoms with Crippen LogP contribution in [0.25, 0.3) is 0 Å². The van der Waals surface area contributed by atoms with Crippen LogP contribution in [0.4, 0.5) is 5.00 Å². The highest BCUT2D eigenvalue weighted by Crippen LogP contribution is 2.34. The number of amides is 1. The average Bonchev–Trinajstić information content (AvgIpc) is 3.38. The number of halogens is 1. The lowest BCUT2D eigenvalue weighted by atomic mass is 10.1. The molecule has 2 heterocycles. The number of thiophene rings is 1. The van der Waals surface area contributed by atoms with Crippen LogP contribution in [0, 0.1) is 10.5 Å². The third kappa shape index (κ3) is 5.49. The van der Waals surface area contributed by atoms with E-state index in [4.69, 9.17) is 18.6 Å². The minimum atomic E-state index is -0.671. The lowest BCUT2D eigenvalue weighted by Gasteiger charge is -2.05. The van der Waals surface area contributed by atoms with Crippen molar-refractivity contribution in [2.45, 2.75) is 20.5 Å². The van der Waals surface area contributed by atoms with Gasteiger partial charge in [0.25, 0.3) is 5.91 Å². The van der Waals surface area contributed by atoms with Crippen LogP contribution < -0.4 is 10.1 Å². The Bertz CT molecular complexity index is 1130. The second kappa shape index (κ2) is 10.6. The molecule has 0 bridgehead atoms. The SMILES string of the molecule is CCOC(=O)c1sc(NC(=O)c2ccc(COc3ccc(I)cc3)o2)c(C(=O)OC)c1C. The number of esters is 2. The Morgan fingerprint density at radius 3 is 2.47 bits per heavy atom. The predicted molar refractivity (Wildman–Crippen MR) is 127 cm³/mol. The molecule has 0 radical (unpaired) electrons. The zero-order valence-electron chi connectivity index (χ0n) is 17.5. The first kappa shape index (κ1) is 23.8. The molecule has 0 aliphatic rings. The fourth-order valence-corrected chi connectivity index (χ4v) is 4.21. The molecule has 3 rings (SSSR count). The van der Waals surface area contributed by atoms with Gasteiger partial charge < -0.3 is 23.9 Å². The Kier molecular flexibility index (Phi) is 7.91. The maximum atomic E-state index is 12.7. The average molecular weight is 569 g/mol. The highest BCUT2D eigenvalue weighted by Gasteiger charge is 2.27. The second-order valence-electron chi connectivity index (χ2n) is 6.44. The van der Waals surface area contributed by atoms with Crippen molar-refractivity contribution < 1.29 is 33.0 Å². The highest BCUT2D eigenvalue weighted by atomic mass is 127. The van der Waals surface area contributed by atoms with Gasteiger partial charge in [-0.25, -0.2) is 9.59 Å². The molecular weight excluding hydrogens is 549 g/mol. The third-order valence-corrected chi connectivity index (χ3v) is 6.21. The first-order chi connectivity index (χ1) is 15.3. The fraction of sp³-hybridized carbons (Fsp3) is 0.227. The molecule has 8 nitrogen and oxygen atoms in total. The quantitative estimate of drug-likeness (QED) is 0.299. The van der Waals surface area contributed by atoms with E-state index in [1.54, 1.807) is 19.9 Å². The molecule has 1 amide bonds. The van der Waals surface area contributed by atoms with Gasteiger partial charge in [-0.15, -0.1) is 11.3 Å². The first-order valence-corrected chi connectivity index (χ1v) is 11.4. The molecule has 0 saturated carbocycles. The van der Waals surface area contributed by atoms with Crippen molar-refractivity contribution in [1.82, 2.24) is 0 Å². The summed E-state index contributed by atoms with van der Waals surface area (Å²) in [5.74, 6) is -0.657. The van der Waals surface area contributed by atoms with Crippen LogP contribution in [0.5, 0.6) is 5.75 Å². The Labute approximate surface area is 202 Å². The van der Waals surface area contributed by atoms with Crippen LogP contribution in [0.1, 0.15) is 48.8 Å². The summed E-state index contributed by atoms with van der Waals surface area (Å²) >= 11 is 3.15. The van der Waals surface area contributed by atoms with Crippen molar-refractivity contribution in [2.75, 3.05) is 19.0 Å². The van der Waals surface area contributed by atoms with Gasteiger partial charge >= 0.3 is 11.9 Å². The number of hydrogen-bond donors (Lipinski definition) is 1. The number of furan rings is 1. The molecule has 168 valence electrons. The highest BCUT2D eigenvalue weighted by molar-refractivity contribution is 14.1. The summed E-state index contributed by atoms with van der Waals surface area (Å²) in [6, 6.07) is 10.7. The minimum absolute atomic E-state index is 0.0331. The van der Waals surface area contributed by atoms with Crippen LogP contribution >= 0.6 is 33.9 Å². The van der Waals surface area contributed by atoms with Gasteiger partial charge in [-0.05, 0) is 78.4 Å². The van der Waals surface area contributed by atoms with E-state index in [0.29, 0.717) is 17.1 Å². The largest absolute Gasteiger partial charge is 0.486 e. The van der Waals surface area contributed by atoms with Crippen LogP contribution in [0.2, 0.25) is 0 Å². The van der Waals surface area contributed by atoms with Crippen LogP contribution in [0.3, 0.4) is 0 Å². The Morgan fingerprint density at radius 2 is 1.81 bits per heavy atom. The summed E-state index contributed by atoms with van der Waals surface area (Å²) < 4.78 is 22.1. The normalized spacial score (nSPS) is 10.5. The van der Waals surface area contributed by atoms with Gasteiger partial charge in [0.2, 0.25) is 0 Å². The standard InChI is InChI=1S/C22H20INO7S/c1-4-29-22(27)18-12(2)17(21(26)28-3)20(32-18)24-19(25)16-10-9-15(31-16)11-30-14-7-5-13(23)6-8-14/h5-10H,4,11H2,1-3H3,(H,24,25). The second-order valence-corrected chi connectivity index (χ2v) is 8.70. The summed E-state index contributed by atoms with van der Waals surface area (Å²) in [6.07, 6.45) is 0. The number of carbonyl (C=O) groups excluding carboxylic acids is 3. The summed E-state index contributed by atoms with van der Waals surface area (Å²) in [6.45, 7) is 3.61. The molecule has 0 fully saturated rings. The number of methoxy groups -OCH3 is 1. The molecule has 1 aromatic carbocycles. The van der Waals surface area contributed by atoms with E-state index in [1.165, 1.54) is 13.2 Å². The smallest absolute Gasteiger partial charge is 0.348 e. The summed E-state index contributed by atoms with van der Waals surface area (Å²) in [5, 5.41) is 2.81. The number of anilines is 1. The van der Waals surface area contributed by atoms with E-state index < -0.39 is 17.8 Å². The number of ether oxygens (including phenoxy) is 3. The number of carbonyl (C=O) groups is 3.